The zero-order chi connectivity index (χ0) is 15.2. The van der Waals surface area contributed by atoms with Crippen molar-refractivity contribution in [2.75, 3.05) is 19.0 Å². The number of nitrogens with one attached hydrogen (secondary N) is 1. The zero-order valence-corrected chi connectivity index (χ0v) is 13.1. The molecule has 0 aliphatic rings. The lowest BCUT2D eigenvalue weighted by Gasteiger charge is -2.09. The van der Waals surface area contributed by atoms with Gasteiger partial charge in [-0.3, -0.25) is 10.1 Å². The molecule has 2 aromatic rings. The Morgan fingerprint density at radius 2 is 1.95 bits per heavy atom. The number of benzene rings is 2. The number of ether oxygens (including phenoxy) is 1. The highest BCUT2D eigenvalue weighted by molar-refractivity contribution is 9.10. The molecule has 0 unspecified atom stereocenters. The van der Waals surface area contributed by atoms with Crippen LogP contribution < -0.4 is 10.1 Å². The highest BCUT2D eigenvalue weighted by Gasteiger charge is 2.04. The van der Waals surface area contributed by atoms with Gasteiger partial charge in [-0.1, -0.05) is 28.1 Å². The molecule has 0 spiro atoms. The number of methoxy groups -OCH3 is 1. The zero-order valence-electron chi connectivity index (χ0n) is 11.5. The van der Waals surface area contributed by atoms with Gasteiger partial charge in [0.05, 0.1) is 12.0 Å². The summed E-state index contributed by atoms with van der Waals surface area (Å²) in [5.41, 5.74) is 2.13. The van der Waals surface area contributed by atoms with E-state index in [4.69, 9.17) is 4.74 Å². The van der Waals surface area contributed by atoms with Crippen LogP contribution in [0, 0.1) is 10.1 Å². The number of non-ortho nitro benzene ring substituents is 1. The SMILES string of the molecule is COc1cc(Br)cc(NCCc2ccc([N+](=O)[O-])cc2)c1. The van der Waals surface area contributed by atoms with Crippen LogP contribution in [0.15, 0.2) is 46.9 Å². The average Bonchev–Trinajstić information content (AvgIpc) is 2.47. The van der Waals surface area contributed by atoms with Crippen LogP contribution in [0.1, 0.15) is 5.56 Å². The van der Waals surface area contributed by atoms with Crippen molar-refractivity contribution in [2.45, 2.75) is 6.42 Å². The van der Waals surface area contributed by atoms with Crippen molar-refractivity contribution in [1.29, 1.82) is 0 Å². The standard InChI is InChI=1S/C15H15BrN2O3/c1-21-15-9-12(16)8-13(10-15)17-7-6-11-2-4-14(5-3-11)18(19)20/h2-5,8-10,17H,6-7H2,1H3. The molecule has 0 saturated carbocycles. The Balaban J connectivity index is 1.92. The van der Waals surface area contributed by atoms with Gasteiger partial charge in [0.1, 0.15) is 5.75 Å². The first-order valence-electron chi connectivity index (χ1n) is 6.40. The Morgan fingerprint density at radius 1 is 1.24 bits per heavy atom. The van der Waals surface area contributed by atoms with E-state index in [9.17, 15) is 10.1 Å². The first kappa shape index (κ1) is 15.3. The predicted octanol–water partition coefficient (Wildman–Crippen LogP) is 4.02. The number of rotatable bonds is 6. The number of nitro groups is 1. The van der Waals surface area contributed by atoms with Crippen molar-refractivity contribution in [3.63, 3.8) is 0 Å². The molecule has 110 valence electrons. The van der Waals surface area contributed by atoms with E-state index in [-0.39, 0.29) is 5.69 Å². The summed E-state index contributed by atoms with van der Waals surface area (Å²) < 4.78 is 6.15. The molecule has 5 nitrogen and oxygen atoms in total. The molecule has 0 aliphatic carbocycles. The molecule has 0 aliphatic heterocycles. The third-order valence-electron chi connectivity index (χ3n) is 3.00. The number of halogens is 1. The van der Waals surface area contributed by atoms with Crippen molar-refractivity contribution in [3.8, 4) is 5.75 Å². The monoisotopic (exact) mass is 350 g/mol. The van der Waals surface area contributed by atoms with Crippen molar-refractivity contribution < 1.29 is 9.66 Å². The van der Waals surface area contributed by atoms with E-state index in [1.165, 1.54) is 12.1 Å². The van der Waals surface area contributed by atoms with E-state index in [1.807, 2.05) is 18.2 Å². The molecule has 0 radical (unpaired) electrons. The second kappa shape index (κ2) is 7.08. The number of hydrogen-bond donors (Lipinski definition) is 1. The van der Waals surface area contributed by atoms with Gasteiger partial charge in [-0.25, -0.2) is 0 Å². The second-order valence-electron chi connectivity index (χ2n) is 4.48. The lowest BCUT2D eigenvalue weighted by molar-refractivity contribution is -0.384. The molecule has 0 fully saturated rings. The molecular formula is C15H15BrN2O3. The Hall–Kier alpha value is -2.08. The summed E-state index contributed by atoms with van der Waals surface area (Å²) in [6.07, 6.45) is 0.785. The van der Waals surface area contributed by atoms with Gasteiger partial charge >= 0.3 is 0 Å². The predicted molar refractivity (Wildman–Crippen MR) is 86.0 cm³/mol. The van der Waals surface area contributed by atoms with Crippen molar-refractivity contribution in [1.82, 2.24) is 0 Å². The molecular weight excluding hydrogens is 336 g/mol. The van der Waals surface area contributed by atoms with E-state index in [1.54, 1.807) is 19.2 Å². The van der Waals surface area contributed by atoms with Crippen LogP contribution >= 0.6 is 15.9 Å². The lowest BCUT2D eigenvalue weighted by atomic mass is 10.1. The Kier molecular flexibility index (Phi) is 5.16. The van der Waals surface area contributed by atoms with Gasteiger partial charge in [0.15, 0.2) is 0 Å². The number of anilines is 1. The maximum absolute atomic E-state index is 10.6. The third kappa shape index (κ3) is 4.46. The van der Waals surface area contributed by atoms with E-state index < -0.39 is 4.92 Å². The molecule has 0 aromatic heterocycles. The third-order valence-corrected chi connectivity index (χ3v) is 3.45. The molecule has 2 rings (SSSR count). The smallest absolute Gasteiger partial charge is 0.269 e. The molecule has 0 bridgehead atoms. The molecule has 2 aromatic carbocycles. The average molecular weight is 351 g/mol. The summed E-state index contributed by atoms with van der Waals surface area (Å²) in [5.74, 6) is 0.780. The fraction of sp³-hybridized carbons (Fsp3) is 0.200. The minimum absolute atomic E-state index is 0.114. The van der Waals surface area contributed by atoms with Crippen LogP contribution in [0.4, 0.5) is 11.4 Å². The van der Waals surface area contributed by atoms with Gasteiger partial charge in [-0.15, -0.1) is 0 Å². The first-order chi connectivity index (χ1) is 10.1. The summed E-state index contributed by atoms with van der Waals surface area (Å²) in [4.78, 5) is 10.2. The van der Waals surface area contributed by atoms with Crippen LogP contribution in [0.2, 0.25) is 0 Å². The quantitative estimate of drug-likeness (QED) is 0.631. The van der Waals surface area contributed by atoms with Gasteiger partial charge in [0, 0.05) is 34.9 Å². The van der Waals surface area contributed by atoms with Crippen molar-refractivity contribution >= 4 is 27.3 Å². The highest BCUT2D eigenvalue weighted by atomic mass is 79.9. The van der Waals surface area contributed by atoms with Gasteiger partial charge in [0.2, 0.25) is 0 Å². The molecule has 21 heavy (non-hydrogen) atoms. The summed E-state index contributed by atoms with van der Waals surface area (Å²) in [7, 11) is 1.63. The Morgan fingerprint density at radius 3 is 2.57 bits per heavy atom. The molecule has 0 saturated heterocycles. The highest BCUT2D eigenvalue weighted by Crippen LogP contribution is 2.24. The number of nitro benzene ring substituents is 1. The van der Waals surface area contributed by atoms with E-state index in [2.05, 4.69) is 21.2 Å². The van der Waals surface area contributed by atoms with Crippen molar-refractivity contribution in [3.05, 3.63) is 62.6 Å². The molecule has 0 atom stereocenters. The van der Waals surface area contributed by atoms with Crippen molar-refractivity contribution in [2.24, 2.45) is 0 Å². The van der Waals surface area contributed by atoms with Gasteiger partial charge in [-0.05, 0) is 24.1 Å². The summed E-state index contributed by atoms with van der Waals surface area (Å²) >= 11 is 3.43. The first-order valence-corrected chi connectivity index (χ1v) is 7.19. The lowest BCUT2D eigenvalue weighted by Crippen LogP contribution is -2.05. The van der Waals surface area contributed by atoms with Crippen LogP contribution in [0.5, 0.6) is 5.75 Å². The van der Waals surface area contributed by atoms with E-state index >= 15 is 0 Å². The largest absolute Gasteiger partial charge is 0.497 e. The van der Waals surface area contributed by atoms with Gasteiger partial charge in [0.25, 0.3) is 5.69 Å². The molecule has 6 heteroatoms. The minimum atomic E-state index is -0.393. The normalized spacial score (nSPS) is 10.2. The number of nitrogens with zero attached hydrogens (tertiary/aromatic N) is 1. The van der Waals surface area contributed by atoms with E-state index in [0.717, 1.165) is 34.4 Å². The maximum atomic E-state index is 10.6. The maximum Gasteiger partial charge on any atom is 0.269 e. The number of hydrogen-bond acceptors (Lipinski definition) is 4. The van der Waals surface area contributed by atoms with Crippen LogP contribution in [-0.2, 0) is 6.42 Å². The fourth-order valence-corrected chi connectivity index (χ4v) is 2.39. The van der Waals surface area contributed by atoms with Gasteiger partial charge in [-0.2, -0.15) is 0 Å². The molecule has 0 amide bonds. The second-order valence-corrected chi connectivity index (χ2v) is 5.40. The minimum Gasteiger partial charge on any atom is -0.497 e. The molecule has 1 N–H and O–H groups in total. The Bertz CT molecular complexity index is 629. The van der Waals surface area contributed by atoms with Crippen LogP contribution in [0.3, 0.4) is 0 Å². The van der Waals surface area contributed by atoms with Crippen LogP contribution in [-0.4, -0.2) is 18.6 Å². The fourth-order valence-electron chi connectivity index (χ4n) is 1.92. The summed E-state index contributed by atoms with van der Waals surface area (Å²) in [5, 5.41) is 13.9. The van der Waals surface area contributed by atoms with Crippen LogP contribution in [0.25, 0.3) is 0 Å². The summed E-state index contributed by atoms with van der Waals surface area (Å²) in [6.45, 7) is 0.734. The molecule has 0 heterocycles. The summed E-state index contributed by atoms with van der Waals surface area (Å²) in [6, 6.07) is 12.4. The van der Waals surface area contributed by atoms with E-state index in [0.29, 0.717) is 0 Å². The van der Waals surface area contributed by atoms with Gasteiger partial charge < -0.3 is 10.1 Å². The Labute approximate surface area is 131 Å². The topological polar surface area (TPSA) is 64.4 Å².